The summed E-state index contributed by atoms with van der Waals surface area (Å²) >= 11 is 0. The number of hydrogen-bond donors (Lipinski definition) is 1. The maximum absolute atomic E-state index is 8.78. The van der Waals surface area contributed by atoms with Crippen LogP contribution in [0.2, 0.25) is 0 Å². The predicted octanol–water partition coefficient (Wildman–Crippen LogP) is 2.56. The second-order valence-corrected chi connectivity index (χ2v) is 3.64. The number of benzene rings is 1. The second-order valence-electron chi connectivity index (χ2n) is 3.64. The Labute approximate surface area is 82.4 Å². The van der Waals surface area contributed by atoms with Gasteiger partial charge in [0, 0.05) is 11.1 Å². The van der Waals surface area contributed by atoms with E-state index in [1.165, 1.54) is 0 Å². The summed E-state index contributed by atoms with van der Waals surface area (Å²) in [7, 11) is 0. The number of nitrogens with one attached hydrogen (secondary N) is 1. The minimum Gasteiger partial charge on any atom is -0.281 e. The standard InChI is InChI=1S/C11H11N3/c1-7(2)11-9-5-8(6-12)3-4-10(9)13-14-11/h3-5,7H,1-2H3,(H,13,14). The Hall–Kier alpha value is -1.82. The van der Waals surface area contributed by atoms with Gasteiger partial charge in [-0.15, -0.1) is 0 Å². The van der Waals surface area contributed by atoms with E-state index in [0.717, 1.165) is 16.6 Å². The molecule has 2 rings (SSSR count). The number of nitriles is 1. The van der Waals surface area contributed by atoms with E-state index in [1.807, 2.05) is 12.1 Å². The van der Waals surface area contributed by atoms with E-state index in [9.17, 15) is 0 Å². The van der Waals surface area contributed by atoms with E-state index >= 15 is 0 Å². The van der Waals surface area contributed by atoms with E-state index in [1.54, 1.807) is 6.07 Å². The molecule has 0 spiro atoms. The number of hydrogen-bond acceptors (Lipinski definition) is 2. The third-order valence-electron chi connectivity index (χ3n) is 2.29. The third kappa shape index (κ3) is 1.25. The Bertz CT molecular complexity index is 503. The van der Waals surface area contributed by atoms with Crippen LogP contribution in [-0.4, -0.2) is 10.2 Å². The second kappa shape index (κ2) is 3.15. The molecule has 0 saturated carbocycles. The fraction of sp³-hybridized carbons (Fsp3) is 0.273. The van der Waals surface area contributed by atoms with Gasteiger partial charge in [-0.3, -0.25) is 5.10 Å². The van der Waals surface area contributed by atoms with E-state index in [0.29, 0.717) is 11.5 Å². The van der Waals surface area contributed by atoms with Gasteiger partial charge in [-0.05, 0) is 24.1 Å². The largest absolute Gasteiger partial charge is 0.281 e. The van der Waals surface area contributed by atoms with Gasteiger partial charge in [0.1, 0.15) is 0 Å². The van der Waals surface area contributed by atoms with Gasteiger partial charge in [0.05, 0.1) is 17.1 Å². The van der Waals surface area contributed by atoms with Gasteiger partial charge < -0.3 is 0 Å². The summed E-state index contributed by atoms with van der Waals surface area (Å²) in [5.74, 6) is 0.397. The quantitative estimate of drug-likeness (QED) is 0.742. The lowest BCUT2D eigenvalue weighted by molar-refractivity contribution is 0.818. The topological polar surface area (TPSA) is 52.5 Å². The molecule has 0 atom stereocenters. The Balaban J connectivity index is 2.71. The van der Waals surface area contributed by atoms with E-state index in [4.69, 9.17) is 5.26 Å². The van der Waals surface area contributed by atoms with Crippen molar-refractivity contribution >= 4 is 10.9 Å². The zero-order chi connectivity index (χ0) is 10.1. The molecule has 0 aliphatic rings. The fourth-order valence-corrected chi connectivity index (χ4v) is 1.54. The Morgan fingerprint density at radius 1 is 1.43 bits per heavy atom. The number of H-pyrrole nitrogens is 1. The monoisotopic (exact) mass is 185 g/mol. The molecule has 2 aromatic rings. The van der Waals surface area contributed by atoms with E-state index < -0.39 is 0 Å². The zero-order valence-corrected chi connectivity index (χ0v) is 8.20. The van der Waals surface area contributed by atoms with Crippen molar-refractivity contribution in [3.05, 3.63) is 29.5 Å². The Morgan fingerprint density at radius 2 is 2.21 bits per heavy atom. The number of aromatic nitrogens is 2. The van der Waals surface area contributed by atoms with Gasteiger partial charge in [0.25, 0.3) is 0 Å². The fourth-order valence-electron chi connectivity index (χ4n) is 1.54. The summed E-state index contributed by atoms with van der Waals surface area (Å²) in [6.45, 7) is 4.21. The van der Waals surface area contributed by atoms with Crippen LogP contribution >= 0.6 is 0 Å². The highest BCUT2D eigenvalue weighted by molar-refractivity contribution is 5.83. The molecule has 3 nitrogen and oxygen atoms in total. The van der Waals surface area contributed by atoms with Crippen molar-refractivity contribution in [1.29, 1.82) is 5.26 Å². The molecule has 0 aliphatic carbocycles. The van der Waals surface area contributed by atoms with E-state index in [-0.39, 0.29) is 0 Å². The maximum atomic E-state index is 8.78. The van der Waals surface area contributed by atoms with Crippen LogP contribution in [0.25, 0.3) is 10.9 Å². The first-order chi connectivity index (χ1) is 6.72. The zero-order valence-electron chi connectivity index (χ0n) is 8.20. The van der Waals surface area contributed by atoms with Crippen molar-refractivity contribution in [2.45, 2.75) is 19.8 Å². The summed E-state index contributed by atoms with van der Waals surface area (Å²) in [5.41, 5.74) is 2.70. The van der Waals surface area contributed by atoms with Gasteiger partial charge in [-0.2, -0.15) is 10.4 Å². The van der Waals surface area contributed by atoms with Crippen molar-refractivity contribution in [3.63, 3.8) is 0 Å². The van der Waals surface area contributed by atoms with Gasteiger partial charge in [-0.25, -0.2) is 0 Å². The van der Waals surface area contributed by atoms with Crippen LogP contribution < -0.4 is 0 Å². The van der Waals surface area contributed by atoms with Crippen LogP contribution in [0, 0.1) is 11.3 Å². The average molecular weight is 185 g/mol. The van der Waals surface area contributed by atoms with Crippen LogP contribution in [0.15, 0.2) is 18.2 Å². The van der Waals surface area contributed by atoms with E-state index in [2.05, 4.69) is 30.1 Å². The number of nitrogens with zero attached hydrogens (tertiary/aromatic N) is 2. The van der Waals surface area contributed by atoms with Crippen molar-refractivity contribution in [2.75, 3.05) is 0 Å². The molecule has 1 aromatic carbocycles. The average Bonchev–Trinajstić information content (AvgIpc) is 2.59. The van der Waals surface area contributed by atoms with Crippen LogP contribution in [0.1, 0.15) is 31.0 Å². The summed E-state index contributed by atoms with van der Waals surface area (Å²) in [6, 6.07) is 7.67. The minimum atomic E-state index is 0.397. The lowest BCUT2D eigenvalue weighted by Crippen LogP contribution is -1.87. The first-order valence-electron chi connectivity index (χ1n) is 4.60. The summed E-state index contributed by atoms with van der Waals surface area (Å²) in [5, 5.41) is 17.0. The molecule has 1 N–H and O–H groups in total. The highest BCUT2D eigenvalue weighted by Gasteiger charge is 2.08. The molecular formula is C11H11N3. The summed E-state index contributed by atoms with van der Waals surface area (Å²) < 4.78 is 0. The lowest BCUT2D eigenvalue weighted by Gasteiger charge is -2.00. The first-order valence-corrected chi connectivity index (χ1v) is 4.60. The highest BCUT2D eigenvalue weighted by atomic mass is 15.1. The molecule has 0 saturated heterocycles. The van der Waals surface area contributed by atoms with Crippen LogP contribution in [-0.2, 0) is 0 Å². The van der Waals surface area contributed by atoms with Gasteiger partial charge >= 0.3 is 0 Å². The molecular weight excluding hydrogens is 174 g/mol. The molecule has 1 heterocycles. The van der Waals surface area contributed by atoms with Crippen LogP contribution in [0.3, 0.4) is 0 Å². The predicted molar refractivity (Wildman–Crippen MR) is 54.9 cm³/mol. The highest BCUT2D eigenvalue weighted by Crippen LogP contribution is 2.23. The Kier molecular flexibility index (Phi) is 1.97. The molecule has 3 heteroatoms. The van der Waals surface area contributed by atoms with Crippen molar-refractivity contribution < 1.29 is 0 Å². The molecule has 0 fully saturated rings. The molecule has 0 unspecified atom stereocenters. The molecule has 0 bridgehead atoms. The van der Waals surface area contributed by atoms with Crippen molar-refractivity contribution in [2.24, 2.45) is 0 Å². The summed E-state index contributed by atoms with van der Waals surface area (Å²) in [6.07, 6.45) is 0. The van der Waals surface area contributed by atoms with Gasteiger partial charge in [0.15, 0.2) is 0 Å². The van der Waals surface area contributed by atoms with Crippen molar-refractivity contribution in [3.8, 4) is 6.07 Å². The lowest BCUT2D eigenvalue weighted by atomic mass is 10.0. The van der Waals surface area contributed by atoms with Crippen LogP contribution in [0.5, 0.6) is 0 Å². The minimum absolute atomic E-state index is 0.397. The van der Waals surface area contributed by atoms with Crippen LogP contribution in [0.4, 0.5) is 0 Å². The SMILES string of the molecule is CC(C)c1[nH]nc2ccc(C#N)cc12. The molecule has 0 aliphatic heterocycles. The van der Waals surface area contributed by atoms with Crippen molar-refractivity contribution in [1.82, 2.24) is 10.2 Å². The molecule has 0 radical (unpaired) electrons. The first kappa shape index (κ1) is 8.76. The number of fused-ring (bicyclic) bond motifs is 1. The maximum Gasteiger partial charge on any atom is 0.0991 e. The van der Waals surface area contributed by atoms with Gasteiger partial charge in [0.2, 0.25) is 0 Å². The number of rotatable bonds is 1. The molecule has 1 aromatic heterocycles. The third-order valence-corrected chi connectivity index (χ3v) is 2.29. The summed E-state index contributed by atoms with van der Waals surface area (Å²) in [4.78, 5) is 0. The normalized spacial score (nSPS) is 10.7. The molecule has 0 amide bonds. The Morgan fingerprint density at radius 3 is 2.86 bits per heavy atom. The number of aromatic amines is 1. The molecule has 14 heavy (non-hydrogen) atoms. The molecule has 70 valence electrons. The van der Waals surface area contributed by atoms with Gasteiger partial charge in [-0.1, -0.05) is 13.8 Å². The smallest absolute Gasteiger partial charge is 0.0991 e.